The molecule has 7 heteroatoms. The molecule has 2 aromatic carbocycles. The van der Waals surface area contributed by atoms with Gasteiger partial charge in [0.15, 0.2) is 0 Å². The summed E-state index contributed by atoms with van der Waals surface area (Å²) >= 11 is 0. The summed E-state index contributed by atoms with van der Waals surface area (Å²) in [5.74, 6) is 0.735. The number of hydrogen-bond acceptors (Lipinski definition) is 5. The van der Waals surface area contributed by atoms with Crippen LogP contribution in [0.15, 0.2) is 66.7 Å². The van der Waals surface area contributed by atoms with Gasteiger partial charge in [-0.2, -0.15) is 0 Å². The van der Waals surface area contributed by atoms with Gasteiger partial charge in [-0.25, -0.2) is 4.79 Å². The van der Waals surface area contributed by atoms with E-state index < -0.39 is 5.54 Å². The van der Waals surface area contributed by atoms with E-state index in [4.69, 9.17) is 9.47 Å². The molecule has 0 saturated carbocycles. The van der Waals surface area contributed by atoms with Crippen LogP contribution in [-0.2, 0) is 22.5 Å². The van der Waals surface area contributed by atoms with Gasteiger partial charge in [-0.3, -0.25) is 14.6 Å². The molecule has 35 heavy (non-hydrogen) atoms. The fourth-order valence-electron chi connectivity index (χ4n) is 5.04. The first kappa shape index (κ1) is 24.9. The normalized spacial score (nSPS) is 18.2. The molecule has 186 valence electrons. The number of ether oxygens (including phenoxy) is 2. The first-order valence-corrected chi connectivity index (χ1v) is 12.2. The number of hydrogen-bond donors (Lipinski definition) is 0. The zero-order valence-electron chi connectivity index (χ0n) is 20.7. The first-order chi connectivity index (χ1) is 17.1. The van der Waals surface area contributed by atoms with Crippen LogP contribution in [0.5, 0.6) is 5.75 Å². The van der Waals surface area contributed by atoms with Gasteiger partial charge < -0.3 is 14.4 Å². The molecule has 0 radical (unpaired) electrons. The fraction of sp³-hybridized carbons (Fsp3) is 0.429. The van der Waals surface area contributed by atoms with E-state index in [1.54, 1.807) is 19.1 Å². The van der Waals surface area contributed by atoms with Gasteiger partial charge in [0.1, 0.15) is 11.3 Å². The van der Waals surface area contributed by atoms with Gasteiger partial charge in [-0.05, 0) is 42.5 Å². The minimum atomic E-state index is -0.774. The number of allylic oxidation sites excluding steroid dienone is 1. The molecule has 2 heterocycles. The van der Waals surface area contributed by atoms with Gasteiger partial charge in [-0.1, -0.05) is 54.6 Å². The lowest BCUT2D eigenvalue weighted by molar-refractivity contribution is -0.135. The van der Waals surface area contributed by atoms with Gasteiger partial charge in [0, 0.05) is 39.8 Å². The molecule has 2 aliphatic heterocycles. The lowest BCUT2D eigenvalue weighted by atomic mass is 9.85. The monoisotopic (exact) mass is 477 g/mol. The lowest BCUT2D eigenvalue weighted by Gasteiger charge is -2.42. The quantitative estimate of drug-likeness (QED) is 0.385. The van der Waals surface area contributed by atoms with Crippen molar-refractivity contribution in [2.24, 2.45) is 0 Å². The van der Waals surface area contributed by atoms with Crippen molar-refractivity contribution in [3.63, 3.8) is 0 Å². The number of rotatable bonds is 10. The predicted octanol–water partition coefficient (Wildman–Crippen LogP) is 3.74. The molecule has 2 saturated heterocycles. The molecule has 2 aliphatic rings. The zero-order chi connectivity index (χ0) is 24.7. The van der Waals surface area contributed by atoms with Crippen molar-refractivity contribution in [3.05, 3.63) is 77.9 Å². The fourth-order valence-corrected chi connectivity index (χ4v) is 5.04. The Hall–Kier alpha value is -3.16. The highest BCUT2D eigenvalue weighted by Crippen LogP contribution is 2.37. The standard InChI is InChI=1S/C28H35N3O4/c1-34-20-19-31-27(33)30(16-7-6-9-23-12-8-13-25(21-23)35-2)26(32)28(31)14-17-29(18-15-28)22-24-10-4-3-5-11-24/h3-8,10-13,21H,9,14-20,22H2,1-2H3. The third kappa shape index (κ3) is 5.57. The Morgan fingerprint density at radius 2 is 1.69 bits per heavy atom. The van der Waals surface area contributed by atoms with Crippen LogP contribution in [0.3, 0.4) is 0 Å². The average molecular weight is 478 g/mol. The van der Waals surface area contributed by atoms with E-state index in [1.165, 1.54) is 10.5 Å². The Morgan fingerprint density at radius 1 is 0.943 bits per heavy atom. The summed E-state index contributed by atoms with van der Waals surface area (Å²) in [5.41, 5.74) is 1.60. The summed E-state index contributed by atoms with van der Waals surface area (Å²) in [6.07, 6.45) is 5.90. The van der Waals surface area contributed by atoms with Crippen molar-refractivity contribution >= 4 is 11.9 Å². The van der Waals surface area contributed by atoms with Crippen molar-refractivity contribution in [1.82, 2.24) is 14.7 Å². The summed E-state index contributed by atoms with van der Waals surface area (Å²) in [5, 5.41) is 0. The SMILES string of the molecule is COCCN1C(=O)N(CC=CCc2cccc(OC)c2)C(=O)C12CCN(Cc1ccccc1)CC2. The number of piperidine rings is 1. The number of benzene rings is 2. The topological polar surface area (TPSA) is 62.3 Å². The highest BCUT2D eigenvalue weighted by atomic mass is 16.5. The molecule has 3 amide bonds. The van der Waals surface area contributed by atoms with Gasteiger partial charge >= 0.3 is 6.03 Å². The van der Waals surface area contributed by atoms with E-state index >= 15 is 0 Å². The van der Waals surface area contributed by atoms with E-state index in [0.29, 0.717) is 32.4 Å². The minimum Gasteiger partial charge on any atom is -0.497 e. The Morgan fingerprint density at radius 3 is 2.40 bits per heavy atom. The number of likely N-dealkylation sites (tertiary alicyclic amines) is 1. The highest BCUT2D eigenvalue weighted by molar-refractivity contribution is 6.07. The second-order valence-electron chi connectivity index (χ2n) is 9.16. The smallest absolute Gasteiger partial charge is 0.328 e. The molecule has 7 nitrogen and oxygen atoms in total. The Balaban J connectivity index is 1.41. The second-order valence-corrected chi connectivity index (χ2v) is 9.16. The van der Waals surface area contributed by atoms with E-state index in [9.17, 15) is 9.59 Å². The molecule has 0 atom stereocenters. The largest absolute Gasteiger partial charge is 0.497 e. The van der Waals surface area contributed by atoms with Crippen LogP contribution < -0.4 is 4.74 Å². The van der Waals surface area contributed by atoms with Crippen LogP contribution in [0.2, 0.25) is 0 Å². The van der Waals surface area contributed by atoms with Crippen LogP contribution in [0.25, 0.3) is 0 Å². The summed E-state index contributed by atoms with van der Waals surface area (Å²) < 4.78 is 10.5. The Kier molecular flexibility index (Phi) is 8.21. The van der Waals surface area contributed by atoms with Crippen molar-refractivity contribution in [1.29, 1.82) is 0 Å². The number of urea groups is 1. The van der Waals surface area contributed by atoms with E-state index in [1.807, 2.05) is 54.6 Å². The third-order valence-electron chi connectivity index (χ3n) is 7.02. The second kappa shape index (κ2) is 11.5. The van der Waals surface area contributed by atoms with E-state index in [0.717, 1.165) is 30.9 Å². The Bertz CT molecular complexity index is 1030. The molecule has 1 spiro atoms. The first-order valence-electron chi connectivity index (χ1n) is 12.2. The molecule has 2 aromatic rings. The number of carbonyl (C=O) groups excluding carboxylic acids is 2. The van der Waals surface area contributed by atoms with Crippen molar-refractivity contribution in [2.75, 3.05) is 47.0 Å². The molecule has 4 rings (SSSR count). The van der Waals surface area contributed by atoms with Crippen LogP contribution >= 0.6 is 0 Å². The van der Waals surface area contributed by atoms with Gasteiger partial charge in [0.25, 0.3) is 5.91 Å². The van der Waals surface area contributed by atoms with Crippen LogP contribution in [-0.4, -0.2) is 79.2 Å². The van der Waals surface area contributed by atoms with Crippen LogP contribution in [0.4, 0.5) is 4.79 Å². The molecule has 2 fully saturated rings. The molecule has 0 aliphatic carbocycles. The molecular formula is C28H35N3O4. The molecule has 0 N–H and O–H groups in total. The number of carbonyl (C=O) groups is 2. The average Bonchev–Trinajstić information content (AvgIpc) is 3.08. The van der Waals surface area contributed by atoms with Crippen LogP contribution in [0, 0.1) is 0 Å². The predicted molar refractivity (Wildman–Crippen MR) is 135 cm³/mol. The van der Waals surface area contributed by atoms with Crippen molar-refractivity contribution in [2.45, 2.75) is 31.3 Å². The van der Waals surface area contributed by atoms with Gasteiger partial charge in [0.2, 0.25) is 0 Å². The lowest BCUT2D eigenvalue weighted by Crippen LogP contribution is -2.57. The van der Waals surface area contributed by atoms with Crippen LogP contribution in [0.1, 0.15) is 24.0 Å². The van der Waals surface area contributed by atoms with Gasteiger partial charge in [0.05, 0.1) is 13.7 Å². The molecule has 0 aromatic heterocycles. The third-order valence-corrected chi connectivity index (χ3v) is 7.02. The summed E-state index contributed by atoms with van der Waals surface area (Å²) in [7, 11) is 3.27. The maximum absolute atomic E-state index is 13.6. The van der Waals surface area contributed by atoms with E-state index in [-0.39, 0.29) is 18.5 Å². The molecule has 0 unspecified atom stereocenters. The molecule has 0 bridgehead atoms. The number of methoxy groups -OCH3 is 2. The summed E-state index contributed by atoms with van der Waals surface area (Å²) in [6.45, 7) is 3.51. The highest BCUT2D eigenvalue weighted by Gasteiger charge is 2.57. The van der Waals surface area contributed by atoms with Gasteiger partial charge in [-0.15, -0.1) is 0 Å². The number of imide groups is 1. The maximum atomic E-state index is 13.6. The minimum absolute atomic E-state index is 0.0796. The Labute approximate surface area is 207 Å². The summed E-state index contributed by atoms with van der Waals surface area (Å²) in [6, 6.07) is 18.0. The summed E-state index contributed by atoms with van der Waals surface area (Å²) in [4.78, 5) is 32.5. The zero-order valence-corrected chi connectivity index (χ0v) is 20.7. The molecular weight excluding hydrogens is 442 g/mol. The van der Waals surface area contributed by atoms with E-state index in [2.05, 4.69) is 17.0 Å². The van der Waals surface area contributed by atoms with Crippen molar-refractivity contribution in [3.8, 4) is 5.75 Å². The number of amides is 3. The van der Waals surface area contributed by atoms with Crippen molar-refractivity contribution < 1.29 is 19.1 Å². The maximum Gasteiger partial charge on any atom is 0.328 e. The number of nitrogens with zero attached hydrogens (tertiary/aromatic N) is 3.